The van der Waals surface area contributed by atoms with E-state index < -0.39 is 22.9 Å². The normalized spacial score (nSPS) is 13.7. The Labute approximate surface area is 181 Å². The van der Waals surface area contributed by atoms with Gasteiger partial charge in [0.25, 0.3) is 0 Å². The topological polar surface area (TPSA) is 45.4 Å². The Kier molecular flexibility index (Phi) is 6.93. The van der Waals surface area contributed by atoms with E-state index in [1.54, 1.807) is 24.7 Å². The molecular formula is C20H16BrF3O3S2. The van der Waals surface area contributed by atoms with Crippen LogP contribution in [0.1, 0.15) is 16.7 Å². The zero-order valence-corrected chi connectivity index (χ0v) is 18.6. The summed E-state index contributed by atoms with van der Waals surface area (Å²) in [6.07, 6.45) is 1.37. The quantitative estimate of drug-likeness (QED) is 0.345. The summed E-state index contributed by atoms with van der Waals surface area (Å²) in [5.74, 6) is 0.0697. The Morgan fingerprint density at radius 1 is 1.31 bits per heavy atom. The third-order valence-corrected chi connectivity index (χ3v) is 7.08. The summed E-state index contributed by atoms with van der Waals surface area (Å²) in [4.78, 5) is 0. The number of hydrogen-bond donors (Lipinski definition) is 0. The fourth-order valence-electron chi connectivity index (χ4n) is 2.78. The first-order valence-corrected chi connectivity index (χ1v) is 11.9. The fourth-order valence-corrected chi connectivity index (χ4v) is 4.86. The number of benzene rings is 2. The lowest BCUT2D eigenvalue weighted by Crippen LogP contribution is -2.10. The lowest BCUT2D eigenvalue weighted by atomic mass is 10.1. The number of alkyl halides is 3. The maximum absolute atomic E-state index is 13.6. The van der Waals surface area contributed by atoms with Crippen molar-refractivity contribution in [1.82, 2.24) is 0 Å². The van der Waals surface area contributed by atoms with Crippen LogP contribution in [0.25, 0.3) is 17.0 Å². The number of hydrogen-bond acceptors (Lipinski definition) is 4. The summed E-state index contributed by atoms with van der Waals surface area (Å²) >= 11 is 3.14. The Hall–Kier alpha value is -1.55. The summed E-state index contributed by atoms with van der Waals surface area (Å²) in [6.45, 7) is 0.0612. The van der Waals surface area contributed by atoms with Crippen molar-refractivity contribution >= 4 is 55.9 Å². The number of fused-ring (bicyclic) bond motifs is 1. The molecule has 0 aliphatic heterocycles. The molecule has 0 radical (unpaired) electrons. The molecule has 3 aromatic rings. The van der Waals surface area contributed by atoms with Gasteiger partial charge in [-0.1, -0.05) is 17.8 Å². The van der Waals surface area contributed by atoms with Gasteiger partial charge in [0.15, 0.2) is 4.24 Å². The Morgan fingerprint density at radius 3 is 2.72 bits per heavy atom. The largest absolute Gasteiger partial charge is 0.611 e. The van der Waals surface area contributed by atoms with Crippen LogP contribution in [0.2, 0.25) is 0 Å². The number of ether oxygens (including phenoxy) is 1. The first-order chi connectivity index (χ1) is 13.7. The van der Waals surface area contributed by atoms with Crippen molar-refractivity contribution in [3.63, 3.8) is 0 Å². The van der Waals surface area contributed by atoms with E-state index in [1.165, 1.54) is 24.5 Å². The van der Waals surface area contributed by atoms with Crippen LogP contribution in [-0.2, 0) is 24.0 Å². The molecule has 3 nitrogen and oxygen atoms in total. The summed E-state index contributed by atoms with van der Waals surface area (Å²) in [5, 5.41) is 0.855. The van der Waals surface area contributed by atoms with Crippen molar-refractivity contribution in [1.29, 1.82) is 0 Å². The second-order valence-electron chi connectivity index (χ2n) is 6.04. The smallest absolute Gasteiger partial charge is 0.417 e. The minimum atomic E-state index is -4.57. The van der Waals surface area contributed by atoms with Gasteiger partial charge in [0.1, 0.15) is 24.2 Å². The number of rotatable bonds is 6. The van der Waals surface area contributed by atoms with Gasteiger partial charge in [-0.25, -0.2) is 0 Å². The molecule has 0 bridgehead atoms. The lowest BCUT2D eigenvalue weighted by Gasteiger charge is -2.16. The third-order valence-electron chi connectivity index (χ3n) is 4.08. The second kappa shape index (κ2) is 9.07. The van der Waals surface area contributed by atoms with Gasteiger partial charge in [0.2, 0.25) is 0 Å². The zero-order valence-electron chi connectivity index (χ0n) is 15.4. The minimum absolute atomic E-state index is 0.0612. The summed E-state index contributed by atoms with van der Waals surface area (Å²) in [5.41, 5.74) is 0.482. The average molecular weight is 505 g/mol. The van der Waals surface area contributed by atoms with Gasteiger partial charge in [0.05, 0.1) is 16.3 Å². The van der Waals surface area contributed by atoms with Gasteiger partial charge in [-0.15, -0.1) is 0 Å². The van der Waals surface area contributed by atoms with Crippen LogP contribution >= 0.6 is 27.7 Å². The molecule has 1 unspecified atom stereocenters. The first-order valence-electron chi connectivity index (χ1n) is 8.28. The molecule has 3 rings (SSSR count). The maximum atomic E-state index is 13.6. The zero-order chi connectivity index (χ0) is 21.2. The maximum Gasteiger partial charge on any atom is 0.417 e. The Morgan fingerprint density at radius 2 is 2.07 bits per heavy atom. The molecule has 0 aliphatic rings. The van der Waals surface area contributed by atoms with E-state index >= 15 is 0 Å². The standard InChI is InChI=1S/C20H16BrF3O3S2/c1-28-18(29(2)25)10-14-15(20(22,23)24)4-3-5-17(14)27-11-12-8-13-6-7-26-19(13)16(21)9-12/h3-10H,11H2,1-2H3/b18-10+. The van der Waals surface area contributed by atoms with Gasteiger partial charge in [-0.05, 0) is 69.3 Å². The lowest BCUT2D eigenvalue weighted by molar-refractivity contribution is -0.137. The summed E-state index contributed by atoms with van der Waals surface area (Å²) in [6, 6.07) is 9.20. The average Bonchev–Trinajstić information content (AvgIpc) is 3.12. The van der Waals surface area contributed by atoms with Crippen LogP contribution in [0.3, 0.4) is 0 Å². The van der Waals surface area contributed by atoms with E-state index in [0.717, 1.165) is 33.3 Å². The second-order valence-corrected chi connectivity index (χ2v) is 9.35. The fraction of sp³-hybridized carbons (Fsp3) is 0.200. The van der Waals surface area contributed by atoms with Gasteiger partial charge in [-0.3, -0.25) is 0 Å². The molecule has 1 atom stereocenters. The monoisotopic (exact) mass is 504 g/mol. The highest BCUT2D eigenvalue weighted by Crippen LogP contribution is 2.39. The van der Waals surface area contributed by atoms with Crippen LogP contribution in [0, 0.1) is 0 Å². The van der Waals surface area contributed by atoms with Crippen molar-refractivity contribution in [3.8, 4) is 5.75 Å². The Bertz CT molecular complexity index is 1050. The molecule has 1 heterocycles. The van der Waals surface area contributed by atoms with Crippen molar-refractivity contribution < 1.29 is 26.9 Å². The molecule has 29 heavy (non-hydrogen) atoms. The highest BCUT2D eigenvalue weighted by atomic mass is 79.9. The van der Waals surface area contributed by atoms with E-state index in [0.29, 0.717) is 9.82 Å². The third kappa shape index (κ3) is 5.14. The van der Waals surface area contributed by atoms with Crippen LogP contribution < -0.4 is 4.74 Å². The van der Waals surface area contributed by atoms with Crippen molar-refractivity contribution in [2.24, 2.45) is 0 Å². The van der Waals surface area contributed by atoms with Gasteiger partial charge < -0.3 is 13.7 Å². The molecular weight excluding hydrogens is 489 g/mol. The van der Waals surface area contributed by atoms with Crippen molar-refractivity contribution in [2.45, 2.75) is 12.8 Å². The Balaban J connectivity index is 1.99. The van der Waals surface area contributed by atoms with Crippen molar-refractivity contribution in [3.05, 3.63) is 68.1 Å². The van der Waals surface area contributed by atoms with E-state index in [4.69, 9.17) is 9.15 Å². The molecule has 0 saturated heterocycles. The molecule has 9 heteroatoms. The molecule has 154 valence electrons. The van der Waals surface area contributed by atoms with Gasteiger partial charge in [0, 0.05) is 17.0 Å². The number of halogens is 4. The molecule has 0 aliphatic carbocycles. The molecule has 0 amide bonds. The van der Waals surface area contributed by atoms with E-state index in [9.17, 15) is 17.7 Å². The van der Waals surface area contributed by atoms with Crippen LogP contribution in [-0.4, -0.2) is 17.1 Å². The SMILES string of the molecule is CS/C(=C\c1c(OCc2cc(Br)c3occc3c2)cccc1C(F)(F)F)[S+](C)[O-]. The minimum Gasteiger partial charge on any atom is -0.611 e. The van der Waals surface area contributed by atoms with Gasteiger partial charge >= 0.3 is 6.18 Å². The van der Waals surface area contributed by atoms with Crippen molar-refractivity contribution in [2.75, 3.05) is 12.5 Å². The summed E-state index contributed by atoms with van der Waals surface area (Å²) < 4.78 is 64.7. The number of furan rings is 1. The van der Waals surface area contributed by atoms with Crippen LogP contribution in [0.4, 0.5) is 13.2 Å². The molecule has 0 saturated carbocycles. The van der Waals surface area contributed by atoms with E-state index in [2.05, 4.69) is 15.9 Å². The predicted octanol–water partition coefficient (Wildman–Crippen LogP) is 6.83. The highest BCUT2D eigenvalue weighted by molar-refractivity contribution is 9.10. The van der Waals surface area contributed by atoms with Gasteiger partial charge in [-0.2, -0.15) is 13.2 Å². The molecule has 0 fully saturated rings. The van der Waals surface area contributed by atoms with E-state index in [-0.39, 0.29) is 17.9 Å². The molecule has 0 N–H and O–H groups in total. The predicted molar refractivity (Wildman–Crippen MR) is 115 cm³/mol. The summed E-state index contributed by atoms with van der Waals surface area (Å²) in [7, 11) is 0. The molecule has 2 aromatic carbocycles. The first kappa shape index (κ1) is 22.1. The van der Waals surface area contributed by atoms with Crippen LogP contribution in [0.15, 0.2) is 55.8 Å². The van der Waals surface area contributed by atoms with E-state index in [1.807, 2.05) is 6.07 Å². The number of thioether (sulfide) groups is 1. The molecule has 1 aromatic heterocycles. The molecule has 0 spiro atoms. The highest BCUT2D eigenvalue weighted by Gasteiger charge is 2.34. The van der Waals surface area contributed by atoms with Crippen LogP contribution in [0.5, 0.6) is 5.75 Å².